The topological polar surface area (TPSA) is 75.4 Å². The van der Waals surface area contributed by atoms with Gasteiger partial charge in [-0.2, -0.15) is 4.98 Å². The number of rotatable bonds is 3. The molecule has 0 saturated carbocycles. The van der Waals surface area contributed by atoms with Crippen molar-refractivity contribution in [2.75, 3.05) is 5.32 Å². The summed E-state index contributed by atoms with van der Waals surface area (Å²) in [5.41, 5.74) is 0.971. The van der Waals surface area contributed by atoms with Crippen molar-refractivity contribution in [2.24, 2.45) is 5.92 Å². The molecule has 0 radical (unpaired) electrons. The Labute approximate surface area is 93.9 Å². The first kappa shape index (κ1) is 11.0. The number of nitrogens with zero attached hydrogens (tertiary/aromatic N) is 1. The highest BCUT2D eigenvalue weighted by Gasteiger charge is 2.22. The van der Waals surface area contributed by atoms with Gasteiger partial charge in [-0.05, 0) is 25.7 Å². The number of nitrogens with one attached hydrogen (secondary N) is 1. The Hall–Kier alpha value is -1.52. The fourth-order valence-corrected chi connectivity index (χ4v) is 1.86. The molecule has 1 unspecified atom stereocenters. The summed E-state index contributed by atoms with van der Waals surface area (Å²) in [5.74, 6) is 0.616. The third-order valence-corrected chi connectivity index (χ3v) is 2.89. The second-order valence-corrected chi connectivity index (χ2v) is 4.44. The van der Waals surface area contributed by atoms with Crippen LogP contribution in [0.5, 0.6) is 0 Å². The molecule has 16 heavy (non-hydrogen) atoms. The van der Waals surface area contributed by atoms with Crippen LogP contribution in [0.1, 0.15) is 31.7 Å². The molecule has 0 spiro atoms. The van der Waals surface area contributed by atoms with Crippen molar-refractivity contribution in [2.45, 2.75) is 39.2 Å². The summed E-state index contributed by atoms with van der Waals surface area (Å²) in [5, 5.41) is 11.5. The summed E-state index contributed by atoms with van der Waals surface area (Å²) < 4.78 is 5.49. The number of aromatic nitrogens is 1. The molecular formula is C11H16N2O3. The van der Waals surface area contributed by atoms with Crippen molar-refractivity contribution >= 4 is 12.0 Å². The maximum atomic E-state index is 10.7. The molecule has 5 heteroatoms. The van der Waals surface area contributed by atoms with Crippen LogP contribution in [0.15, 0.2) is 4.42 Å². The van der Waals surface area contributed by atoms with Gasteiger partial charge in [0, 0.05) is 6.42 Å². The summed E-state index contributed by atoms with van der Waals surface area (Å²) in [6.45, 7) is 3.75. The van der Waals surface area contributed by atoms with E-state index in [0.717, 1.165) is 30.7 Å². The predicted molar refractivity (Wildman–Crippen MR) is 58.4 cm³/mol. The smallest absolute Gasteiger partial charge is 0.325 e. The number of anilines is 1. The molecule has 2 rings (SSSR count). The lowest BCUT2D eigenvalue weighted by molar-refractivity contribution is -0.137. The van der Waals surface area contributed by atoms with E-state index >= 15 is 0 Å². The van der Waals surface area contributed by atoms with Crippen LogP contribution in [-0.4, -0.2) is 22.1 Å². The molecular weight excluding hydrogens is 208 g/mol. The maximum absolute atomic E-state index is 10.7. The third kappa shape index (κ3) is 2.18. The Balaban J connectivity index is 2.10. The summed E-state index contributed by atoms with van der Waals surface area (Å²) in [7, 11) is 0. The molecule has 88 valence electrons. The largest absolute Gasteiger partial charge is 0.480 e. The molecule has 1 aromatic rings. The Morgan fingerprint density at radius 2 is 2.44 bits per heavy atom. The zero-order valence-electron chi connectivity index (χ0n) is 9.49. The molecule has 0 aliphatic heterocycles. The second-order valence-electron chi connectivity index (χ2n) is 4.44. The first-order valence-corrected chi connectivity index (χ1v) is 5.54. The first-order chi connectivity index (χ1) is 7.56. The van der Waals surface area contributed by atoms with E-state index in [4.69, 9.17) is 9.52 Å². The summed E-state index contributed by atoms with van der Waals surface area (Å²) >= 11 is 0. The third-order valence-electron chi connectivity index (χ3n) is 2.89. The van der Waals surface area contributed by atoms with Crippen LogP contribution >= 0.6 is 0 Å². The van der Waals surface area contributed by atoms with E-state index in [2.05, 4.69) is 17.2 Å². The van der Waals surface area contributed by atoms with Gasteiger partial charge in [0.05, 0.1) is 5.69 Å². The van der Waals surface area contributed by atoms with E-state index in [1.807, 2.05) is 0 Å². The Kier molecular flexibility index (Phi) is 2.85. The average Bonchev–Trinajstić information content (AvgIpc) is 2.58. The van der Waals surface area contributed by atoms with Crippen LogP contribution in [-0.2, 0) is 17.6 Å². The lowest BCUT2D eigenvalue weighted by atomic mass is 9.92. The van der Waals surface area contributed by atoms with Gasteiger partial charge >= 0.3 is 5.97 Å². The highest BCUT2D eigenvalue weighted by atomic mass is 16.4. The predicted octanol–water partition coefficient (Wildman–Crippen LogP) is 1.68. The molecule has 2 atom stereocenters. The standard InChI is InChI=1S/C11H16N2O3/c1-6-3-4-9-8(5-6)13-11(16-9)12-7(2)10(14)15/h6-7H,3-5H2,1-2H3,(H,12,13)(H,14,15)/t6?,7-/m1/s1. The molecule has 0 bridgehead atoms. The second kappa shape index (κ2) is 4.15. The van der Waals surface area contributed by atoms with Gasteiger partial charge in [0.2, 0.25) is 0 Å². The Bertz CT molecular complexity index is 400. The molecule has 0 fully saturated rings. The van der Waals surface area contributed by atoms with Gasteiger partial charge in [0.15, 0.2) is 0 Å². The van der Waals surface area contributed by atoms with Crippen molar-refractivity contribution < 1.29 is 14.3 Å². The fourth-order valence-electron chi connectivity index (χ4n) is 1.86. The van der Waals surface area contributed by atoms with Gasteiger partial charge in [-0.1, -0.05) is 6.92 Å². The number of hydrogen-bond acceptors (Lipinski definition) is 4. The first-order valence-electron chi connectivity index (χ1n) is 5.54. The molecule has 0 aromatic carbocycles. The van der Waals surface area contributed by atoms with E-state index < -0.39 is 12.0 Å². The van der Waals surface area contributed by atoms with E-state index in [9.17, 15) is 4.79 Å². The highest BCUT2D eigenvalue weighted by Crippen LogP contribution is 2.27. The normalized spacial score (nSPS) is 21.2. The molecule has 0 saturated heterocycles. The van der Waals surface area contributed by atoms with Gasteiger partial charge in [-0.15, -0.1) is 0 Å². The fraction of sp³-hybridized carbons (Fsp3) is 0.636. The van der Waals surface area contributed by atoms with Crippen LogP contribution in [0, 0.1) is 5.92 Å². The number of carboxylic acids is 1. The summed E-state index contributed by atoms with van der Waals surface area (Å²) in [6.07, 6.45) is 2.92. The number of oxazole rings is 1. The van der Waals surface area contributed by atoms with Gasteiger partial charge in [0.25, 0.3) is 6.01 Å². The van der Waals surface area contributed by atoms with Crippen LogP contribution in [0.3, 0.4) is 0 Å². The van der Waals surface area contributed by atoms with Gasteiger partial charge in [0.1, 0.15) is 11.8 Å². The molecule has 5 nitrogen and oxygen atoms in total. The molecule has 1 aliphatic rings. The van der Waals surface area contributed by atoms with Crippen molar-refractivity contribution in [3.8, 4) is 0 Å². The monoisotopic (exact) mass is 224 g/mol. The van der Waals surface area contributed by atoms with Crippen LogP contribution in [0.4, 0.5) is 6.01 Å². The van der Waals surface area contributed by atoms with Crippen molar-refractivity contribution in [3.05, 3.63) is 11.5 Å². The van der Waals surface area contributed by atoms with Crippen LogP contribution in [0.25, 0.3) is 0 Å². The number of aliphatic carboxylic acids is 1. The lowest BCUT2D eigenvalue weighted by Crippen LogP contribution is -2.25. The van der Waals surface area contributed by atoms with E-state index in [1.165, 1.54) is 0 Å². The maximum Gasteiger partial charge on any atom is 0.325 e. The number of carbonyl (C=O) groups is 1. The molecule has 1 aliphatic carbocycles. The molecule has 2 N–H and O–H groups in total. The van der Waals surface area contributed by atoms with Crippen LogP contribution in [0.2, 0.25) is 0 Å². The lowest BCUT2D eigenvalue weighted by Gasteiger charge is -2.14. The average molecular weight is 224 g/mol. The molecule has 1 aromatic heterocycles. The number of aryl methyl sites for hydroxylation is 1. The Morgan fingerprint density at radius 1 is 1.69 bits per heavy atom. The van der Waals surface area contributed by atoms with Crippen molar-refractivity contribution in [3.63, 3.8) is 0 Å². The summed E-state index contributed by atoms with van der Waals surface area (Å²) in [4.78, 5) is 14.9. The highest BCUT2D eigenvalue weighted by molar-refractivity contribution is 5.75. The summed E-state index contributed by atoms with van der Waals surface area (Å²) in [6, 6.07) is -0.355. The van der Waals surface area contributed by atoms with Crippen molar-refractivity contribution in [1.82, 2.24) is 4.98 Å². The number of carboxylic acid groups (broad SMARTS) is 1. The van der Waals surface area contributed by atoms with E-state index in [0.29, 0.717) is 11.9 Å². The number of hydrogen-bond donors (Lipinski definition) is 2. The minimum absolute atomic E-state index is 0.328. The number of fused-ring (bicyclic) bond motifs is 1. The minimum atomic E-state index is -0.912. The zero-order valence-corrected chi connectivity index (χ0v) is 9.49. The van der Waals surface area contributed by atoms with Crippen molar-refractivity contribution in [1.29, 1.82) is 0 Å². The quantitative estimate of drug-likeness (QED) is 0.817. The Morgan fingerprint density at radius 3 is 3.12 bits per heavy atom. The molecule has 1 heterocycles. The minimum Gasteiger partial charge on any atom is -0.480 e. The van der Waals surface area contributed by atoms with Gasteiger partial charge in [-0.3, -0.25) is 4.79 Å². The van der Waals surface area contributed by atoms with E-state index in [-0.39, 0.29) is 0 Å². The molecule has 0 amide bonds. The van der Waals surface area contributed by atoms with E-state index in [1.54, 1.807) is 6.92 Å². The van der Waals surface area contributed by atoms with Gasteiger partial charge in [-0.25, -0.2) is 0 Å². The van der Waals surface area contributed by atoms with Gasteiger partial charge < -0.3 is 14.8 Å². The SMILES string of the molecule is CC1CCc2oc(N[C@H](C)C(=O)O)nc2C1. The zero-order chi connectivity index (χ0) is 11.7. The van der Waals surface area contributed by atoms with Crippen LogP contribution < -0.4 is 5.32 Å².